The lowest BCUT2D eigenvalue weighted by Crippen LogP contribution is -2.08. The van der Waals surface area contributed by atoms with Crippen LogP contribution in [0, 0.1) is 13.8 Å². The summed E-state index contributed by atoms with van der Waals surface area (Å²) < 4.78 is 1.89. The fourth-order valence-electron chi connectivity index (χ4n) is 3.84. The second-order valence-corrected chi connectivity index (χ2v) is 8.42. The van der Waals surface area contributed by atoms with Crippen molar-refractivity contribution < 1.29 is 0 Å². The smallest absolute Gasteiger partial charge is 0.157 e. The number of fused-ring (bicyclic) bond motifs is 2. The van der Waals surface area contributed by atoms with Crippen LogP contribution in [0.3, 0.4) is 0 Å². The molecule has 0 aliphatic rings. The van der Waals surface area contributed by atoms with Crippen molar-refractivity contribution in [3.05, 3.63) is 59.0 Å². The molecular weight excluding hydrogens is 408 g/mol. The Hall–Kier alpha value is -2.86. The van der Waals surface area contributed by atoms with Crippen molar-refractivity contribution in [2.75, 3.05) is 23.7 Å². The molecule has 7 heteroatoms. The second kappa shape index (κ2) is 9.96. The first-order chi connectivity index (χ1) is 15.1. The van der Waals surface area contributed by atoms with E-state index >= 15 is 0 Å². The van der Waals surface area contributed by atoms with Gasteiger partial charge in [0.05, 0.1) is 11.2 Å². The summed E-state index contributed by atoms with van der Waals surface area (Å²) in [5, 5.41) is 13.4. The third-order valence-corrected chi connectivity index (χ3v) is 5.59. The molecule has 0 bridgehead atoms. The fraction of sp³-hybridized carbons (Fsp3) is 0.375. The van der Waals surface area contributed by atoms with Gasteiger partial charge >= 0.3 is 0 Å². The number of anilines is 2. The van der Waals surface area contributed by atoms with Gasteiger partial charge in [-0.05, 0) is 51.0 Å². The lowest BCUT2D eigenvalue weighted by molar-refractivity contribution is 0.634. The lowest BCUT2D eigenvalue weighted by atomic mass is 10.1. The van der Waals surface area contributed by atoms with Crippen LogP contribution in [0.25, 0.3) is 16.6 Å². The minimum Gasteiger partial charge on any atom is -0.384 e. The standard InChI is InChI=1S/C24H29ClN6/c1-17-14-23(31-24(29-17)15-18(2)30-31)28-12-7-5-3-4-6-11-26-21-10-13-27-22-16-19(25)8-9-20(21)22/h8-10,13-16,28H,3-7,11-12H2,1-2H3,(H,26,27). The maximum atomic E-state index is 6.07. The van der Waals surface area contributed by atoms with E-state index in [0.29, 0.717) is 0 Å². The van der Waals surface area contributed by atoms with E-state index in [2.05, 4.69) is 31.8 Å². The summed E-state index contributed by atoms with van der Waals surface area (Å²) >= 11 is 6.07. The zero-order valence-electron chi connectivity index (χ0n) is 18.2. The molecule has 4 aromatic rings. The van der Waals surface area contributed by atoms with E-state index < -0.39 is 0 Å². The van der Waals surface area contributed by atoms with Crippen LogP contribution in [-0.4, -0.2) is 32.7 Å². The average molecular weight is 437 g/mol. The third-order valence-electron chi connectivity index (χ3n) is 5.36. The monoisotopic (exact) mass is 436 g/mol. The Morgan fingerprint density at radius 3 is 2.48 bits per heavy atom. The van der Waals surface area contributed by atoms with Gasteiger partial charge in [-0.3, -0.25) is 4.98 Å². The molecule has 31 heavy (non-hydrogen) atoms. The van der Waals surface area contributed by atoms with Gasteiger partial charge in [0.1, 0.15) is 5.82 Å². The van der Waals surface area contributed by atoms with Gasteiger partial charge in [0.25, 0.3) is 0 Å². The number of halogens is 1. The van der Waals surface area contributed by atoms with E-state index in [-0.39, 0.29) is 0 Å². The van der Waals surface area contributed by atoms with Gasteiger partial charge in [0.15, 0.2) is 5.65 Å². The number of unbranched alkanes of at least 4 members (excludes halogenated alkanes) is 4. The highest BCUT2D eigenvalue weighted by atomic mass is 35.5. The van der Waals surface area contributed by atoms with Crippen LogP contribution >= 0.6 is 11.6 Å². The summed E-state index contributed by atoms with van der Waals surface area (Å²) in [5.41, 5.74) is 4.94. The van der Waals surface area contributed by atoms with Crippen molar-refractivity contribution in [3.63, 3.8) is 0 Å². The van der Waals surface area contributed by atoms with E-state index in [0.717, 1.165) is 70.4 Å². The van der Waals surface area contributed by atoms with Gasteiger partial charge in [-0.1, -0.05) is 30.9 Å². The first kappa shape index (κ1) is 21.4. The number of hydrogen-bond acceptors (Lipinski definition) is 5. The van der Waals surface area contributed by atoms with Crippen LogP contribution in [0.4, 0.5) is 11.5 Å². The molecule has 0 aliphatic carbocycles. The van der Waals surface area contributed by atoms with Crippen LogP contribution in [0.15, 0.2) is 42.6 Å². The van der Waals surface area contributed by atoms with Crippen molar-refractivity contribution in [3.8, 4) is 0 Å². The van der Waals surface area contributed by atoms with E-state index in [9.17, 15) is 0 Å². The summed E-state index contributed by atoms with van der Waals surface area (Å²) in [6, 6.07) is 11.9. The molecule has 4 rings (SSSR count). The molecule has 1 aromatic carbocycles. The molecule has 2 N–H and O–H groups in total. The second-order valence-electron chi connectivity index (χ2n) is 7.98. The van der Waals surface area contributed by atoms with E-state index in [4.69, 9.17) is 11.6 Å². The van der Waals surface area contributed by atoms with Gasteiger partial charge < -0.3 is 10.6 Å². The molecule has 0 amide bonds. The number of rotatable bonds is 10. The van der Waals surface area contributed by atoms with Gasteiger partial charge in [0.2, 0.25) is 0 Å². The highest BCUT2D eigenvalue weighted by Gasteiger charge is 2.06. The van der Waals surface area contributed by atoms with Crippen LogP contribution in [0.1, 0.15) is 43.5 Å². The summed E-state index contributed by atoms with van der Waals surface area (Å²) in [7, 11) is 0. The van der Waals surface area contributed by atoms with E-state index in [1.165, 1.54) is 19.3 Å². The average Bonchev–Trinajstić information content (AvgIpc) is 3.12. The Kier molecular flexibility index (Phi) is 6.87. The largest absolute Gasteiger partial charge is 0.384 e. The minimum atomic E-state index is 0.717. The zero-order valence-corrected chi connectivity index (χ0v) is 18.9. The summed E-state index contributed by atoms with van der Waals surface area (Å²) in [4.78, 5) is 8.93. The number of pyridine rings is 1. The van der Waals surface area contributed by atoms with Gasteiger partial charge in [-0.2, -0.15) is 9.61 Å². The molecule has 3 aromatic heterocycles. The number of benzene rings is 1. The molecule has 3 heterocycles. The highest BCUT2D eigenvalue weighted by molar-refractivity contribution is 6.31. The molecule has 0 saturated carbocycles. The Bertz CT molecular complexity index is 1170. The summed E-state index contributed by atoms with van der Waals surface area (Å²) in [5.74, 6) is 1.02. The predicted molar refractivity (Wildman–Crippen MR) is 129 cm³/mol. The quantitative estimate of drug-likeness (QED) is 0.297. The van der Waals surface area contributed by atoms with Crippen LogP contribution in [-0.2, 0) is 0 Å². The molecular formula is C24H29ClN6. The minimum absolute atomic E-state index is 0.717. The van der Waals surface area contributed by atoms with Crippen molar-refractivity contribution in [2.24, 2.45) is 0 Å². The summed E-state index contributed by atoms with van der Waals surface area (Å²) in [6.07, 6.45) is 7.81. The molecule has 0 radical (unpaired) electrons. The van der Waals surface area contributed by atoms with Crippen LogP contribution in [0.5, 0.6) is 0 Å². The molecule has 6 nitrogen and oxygen atoms in total. The van der Waals surface area contributed by atoms with Crippen molar-refractivity contribution in [2.45, 2.75) is 46.0 Å². The molecule has 0 fully saturated rings. The van der Waals surface area contributed by atoms with Gasteiger partial charge in [0, 0.05) is 53.2 Å². The molecule has 0 atom stereocenters. The van der Waals surface area contributed by atoms with Crippen LogP contribution < -0.4 is 10.6 Å². The molecule has 0 unspecified atom stereocenters. The fourth-order valence-corrected chi connectivity index (χ4v) is 4.00. The highest BCUT2D eigenvalue weighted by Crippen LogP contribution is 2.24. The Morgan fingerprint density at radius 1 is 0.871 bits per heavy atom. The molecule has 0 aliphatic heterocycles. The summed E-state index contributed by atoms with van der Waals surface area (Å²) in [6.45, 7) is 5.93. The van der Waals surface area contributed by atoms with Crippen LogP contribution in [0.2, 0.25) is 5.02 Å². The SMILES string of the molecule is Cc1cc(NCCCCCCCNc2ccnc3cc(Cl)ccc23)n2nc(C)cc2n1. The number of aromatic nitrogens is 4. The van der Waals surface area contributed by atoms with E-state index in [1.807, 2.05) is 54.9 Å². The molecule has 0 saturated heterocycles. The Morgan fingerprint density at radius 2 is 1.65 bits per heavy atom. The lowest BCUT2D eigenvalue weighted by Gasteiger charge is -2.10. The van der Waals surface area contributed by atoms with Gasteiger partial charge in [-0.15, -0.1) is 0 Å². The van der Waals surface area contributed by atoms with Crippen molar-refractivity contribution >= 4 is 39.7 Å². The third kappa shape index (κ3) is 5.44. The maximum absolute atomic E-state index is 6.07. The topological polar surface area (TPSA) is 67.1 Å². The Labute approximate surface area is 188 Å². The van der Waals surface area contributed by atoms with E-state index in [1.54, 1.807) is 0 Å². The number of nitrogens with zero attached hydrogens (tertiary/aromatic N) is 4. The predicted octanol–water partition coefficient (Wildman–Crippen LogP) is 6.02. The normalized spacial score (nSPS) is 11.3. The van der Waals surface area contributed by atoms with Gasteiger partial charge in [-0.25, -0.2) is 4.98 Å². The maximum Gasteiger partial charge on any atom is 0.157 e. The number of nitrogens with one attached hydrogen (secondary N) is 2. The zero-order chi connectivity index (χ0) is 21.6. The molecule has 0 spiro atoms. The van der Waals surface area contributed by atoms with Crippen molar-refractivity contribution in [1.29, 1.82) is 0 Å². The first-order valence-electron chi connectivity index (χ1n) is 11.0. The first-order valence-corrected chi connectivity index (χ1v) is 11.3. The number of hydrogen-bond donors (Lipinski definition) is 2. The molecule has 162 valence electrons. The Balaban J connectivity index is 1.15. The number of aryl methyl sites for hydroxylation is 2. The van der Waals surface area contributed by atoms with Crippen molar-refractivity contribution in [1.82, 2.24) is 19.6 Å².